The lowest BCUT2D eigenvalue weighted by Crippen LogP contribution is -2.40. The summed E-state index contributed by atoms with van der Waals surface area (Å²) >= 11 is 0. The van der Waals surface area contributed by atoms with Gasteiger partial charge in [0.1, 0.15) is 5.76 Å². The number of nitrogens with zero attached hydrogens (tertiary/aromatic N) is 1. The van der Waals surface area contributed by atoms with E-state index in [9.17, 15) is 14.7 Å². The second kappa shape index (κ2) is 5.44. The van der Waals surface area contributed by atoms with E-state index in [-0.39, 0.29) is 30.4 Å². The first-order valence-corrected chi connectivity index (χ1v) is 6.24. The first kappa shape index (κ1) is 13.6. The monoisotopic (exact) mass is 266 g/mol. The number of likely N-dealkylation sites (tertiary alicyclic amines) is 1. The fourth-order valence-corrected chi connectivity index (χ4v) is 2.42. The Labute approximate surface area is 111 Å². The predicted octanol–water partition coefficient (Wildman–Crippen LogP) is 0.157. The van der Waals surface area contributed by atoms with Crippen molar-refractivity contribution in [2.75, 3.05) is 19.7 Å². The number of aliphatic hydroxyl groups excluding tert-OH is 1. The van der Waals surface area contributed by atoms with Crippen LogP contribution < -0.4 is 5.32 Å². The van der Waals surface area contributed by atoms with E-state index in [1.54, 1.807) is 17.9 Å². The average Bonchev–Trinajstić information content (AvgIpc) is 2.94. The summed E-state index contributed by atoms with van der Waals surface area (Å²) in [6.45, 7) is 3.95. The van der Waals surface area contributed by atoms with Crippen LogP contribution in [0.5, 0.6) is 0 Å². The molecule has 1 aliphatic heterocycles. The third kappa shape index (κ3) is 2.78. The lowest BCUT2D eigenvalue weighted by molar-refractivity contribution is -0.119. The van der Waals surface area contributed by atoms with Gasteiger partial charge in [-0.25, -0.2) is 0 Å². The lowest BCUT2D eigenvalue weighted by atomic mass is 10.1. The number of aryl methyl sites for hydroxylation is 1. The molecule has 0 bridgehead atoms. The molecule has 1 saturated heterocycles. The molecule has 2 amide bonds. The van der Waals surface area contributed by atoms with E-state index >= 15 is 0 Å². The smallest absolute Gasteiger partial charge is 0.257 e. The Morgan fingerprint density at radius 2 is 2.26 bits per heavy atom. The number of hydrogen-bond donors (Lipinski definition) is 2. The molecule has 0 radical (unpaired) electrons. The standard InChI is InChI=1S/C13H18N2O4/c1-8-11(3-4-19-8)13(18)15-5-10(7-16)12(6-15)14-9(2)17/h3-4,10,12,16H,5-7H2,1-2H3,(H,14,17)/t10-,12+/m0/s1. The topological polar surface area (TPSA) is 82.8 Å². The van der Waals surface area contributed by atoms with Gasteiger partial charge in [0.25, 0.3) is 5.91 Å². The van der Waals surface area contributed by atoms with Gasteiger partial charge >= 0.3 is 0 Å². The Morgan fingerprint density at radius 3 is 2.79 bits per heavy atom. The van der Waals surface area contributed by atoms with Gasteiger partial charge < -0.3 is 19.7 Å². The molecule has 0 unspecified atom stereocenters. The Balaban J connectivity index is 2.09. The van der Waals surface area contributed by atoms with Crippen LogP contribution in [0.15, 0.2) is 16.7 Å². The molecule has 6 nitrogen and oxygen atoms in total. The maximum absolute atomic E-state index is 12.3. The van der Waals surface area contributed by atoms with Gasteiger partial charge in [0.05, 0.1) is 17.9 Å². The van der Waals surface area contributed by atoms with Gasteiger partial charge in [0.15, 0.2) is 0 Å². The van der Waals surface area contributed by atoms with Gasteiger partial charge in [-0.3, -0.25) is 9.59 Å². The quantitative estimate of drug-likeness (QED) is 0.816. The normalized spacial score (nSPS) is 22.6. The summed E-state index contributed by atoms with van der Waals surface area (Å²) in [6.07, 6.45) is 1.48. The number of carbonyl (C=O) groups excluding carboxylic acids is 2. The third-order valence-electron chi connectivity index (χ3n) is 3.44. The fourth-order valence-electron chi connectivity index (χ4n) is 2.42. The Morgan fingerprint density at radius 1 is 1.53 bits per heavy atom. The van der Waals surface area contributed by atoms with Crippen molar-refractivity contribution >= 4 is 11.8 Å². The minimum Gasteiger partial charge on any atom is -0.469 e. The number of hydrogen-bond acceptors (Lipinski definition) is 4. The molecule has 1 fully saturated rings. The molecular weight excluding hydrogens is 248 g/mol. The van der Waals surface area contributed by atoms with Crippen LogP contribution in [0.1, 0.15) is 23.0 Å². The lowest BCUT2D eigenvalue weighted by Gasteiger charge is -2.16. The van der Waals surface area contributed by atoms with E-state index in [1.165, 1.54) is 13.2 Å². The van der Waals surface area contributed by atoms with Crippen molar-refractivity contribution in [2.45, 2.75) is 19.9 Å². The highest BCUT2D eigenvalue weighted by Crippen LogP contribution is 2.21. The molecule has 1 aromatic heterocycles. The minimum atomic E-state index is -0.196. The zero-order valence-electron chi connectivity index (χ0n) is 11.0. The molecule has 2 atom stereocenters. The number of furan rings is 1. The van der Waals surface area contributed by atoms with Crippen LogP contribution in [0.3, 0.4) is 0 Å². The molecule has 0 aliphatic carbocycles. The van der Waals surface area contributed by atoms with Crippen LogP contribution in [0.2, 0.25) is 0 Å². The summed E-state index contributed by atoms with van der Waals surface area (Å²) < 4.78 is 5.12. The van der Waals surface area contributed by atoms with Crippen LogP contribution in [-0.2, 0) is 4.79 Å². The highest BCUT2D eigenvalue weighted by molar-refractivity contribution is 5.95. The van der Waals surface area contributed by atoms with Gasteiger partial charge in [-0.05, 0) is 13.0 Å². The molecule has 2 N–H and O–H groups in total. The number of nitrogens with one attached hydrogen (secondary N) is 1. The summed E-state index contributed by atoms with van der Waals surface area (Å²) in [7, 11) is 0. The highest BCUT2D eigenvalue weighted by atomic mass is 16.3. The maximum atomic E-state index is 12.3. The average molecular weight is 266 g/mol. The number of aliphatic hydroxyl groups is 1. The minimum absolute atomic E-state index is 0.0565. The van der Waals surface area contributed by atoms with E-state index in [2.05, 4.69) is 5.32 Å². The summed E-state index contributed by atoms with van der Waals surface area (Å²) in [4.78, 5) is 25.0. The van der Waals surface area contributed by atoms with Crippen molar-refractivity contribution < 1.29 is 19.1 Å². The third-order valence-corrected chi connectivity index (χ3v) is 3.44. The van der Waals surface area contributed by atoms with Crippen molar-refractivity contribution in [1.29, 1.82) is 0 Å². The molecule has 6 heteroatoms. The SMILES string of the molecule is CC(=O)N[C@@H]1CN(C(=O)c2ccoc2C)C[C@H]1CO. The number of carbonyl (C=O) groups is 2. The van der Waals surface area contributed by atoms with Gasteiger partial charge in [-0.2, -0.15) is 0 Å². The molecular formula is C13H18N2O4. The molecule has 104 valence electrons. The highest BCUT2D eigenvalue weighted by Gasteiger charge is 2.36. The van der Waals surface area contributed by atoms with E-state index in [0.717, 1.165) is 0 Å². The zero-order chi connectivity index (χ0) is 14.0. The van der Waals surface area contributed by atoms with E-state index in [1.807, 2.05) is 0 Å². The summed E-state index contributed by atoms with van der Waals surface area (Å²) in [5.74, 6) is 0.170. The van der Waals surface area contributed by atoms with Crippen molar-refractivity contribution in [2.24, 2.45) is 5.92 Å². The second-order valence-electron chi connectivity index (χ2n) is 4.85. The van der Waals surface area contributed by atoms with Crippen molar-refractivity contribution in [3.05, 3.63) is 23.7 Å². The number of rotatable bonds is 3. The second-order valence-corrected chi connectivity index (χ2v) is 4.85. The fraction of sp³-hybridized carbons (Fsp3) is 0.538. The Hall–Kier alpha value is -1.82. The molecule has 0 aromatic carbocycles. The molecule has 2 rings (SSSR count). The predicted molar refractivity (Wildman–Crippen MR) is 67.5 cm³/mol. The first-order chi connectivity index (χ1) is 9.02. The van der Waals surface area contributed by atoms with Crippen LogP contribution in [0.25, 0.3) is 0 Å². The van der Waals surface area contributed by atoms with E-state index in [0.29, 0.717) is 24.4 Å². The summed E-state index contributed by atoms with van der Waals surface area (Å²) in [6, 6.07) is 1.44. The van der Waals surface area contributed by atoms with Crippen LogP contribution in [-0.4, -0.2) is 47.6 Å². The van der Waals surface area contributed by atoms with E-state index in [4.69, 9.17) is 4.42 Å². The van der Waals surface area contributed by atoms with Crippen molar-refractivity contribution in [3.8, 4) is 0 Å². The number of amides is 2. The van der Waals surface area contributed by atoms with Crippen molar-refractivity contribution in [1.82, 2.24) is 10.2 Å². The van der Waals surface area contributed by atoms with Crippen molar-refractivity contribution in [3.63, 3.8) is 0 Å². The van der Waals surface area contributed by atoms with Crippen LogP contribution in [0.4, 0.5) is 0 Å². The summed E-state index contributed by atoms with van der Waals surface area (Å²) in [5.41, 5.74) is 0.528. The Bertz CT molecular complexity index is 483. The van der Waals surface area contributed by atoms with Gasteiger partial charge in [0, 0.05) is 32.5 Å². The van der Waals surface area contributed by atoms with Crippen LogP contribution in [0, 0.1) is 12.8 Å². The largest absolute Gasteiger partial charge is 0.469 e. The molecule has 0 spiro atoms. The molecule has 2 heterocycles. The van der Waals surface area contributed by atoms with Crippen LogP contribution >= 0.6 is 0 Å². The first-order valence-electron chi connectivity index (χ1n) is 6.24. The molecule has 1 aromatic rings. The zero-order valence-corrected chi connectivity index (χ0v) is 11.0. The Kier molecular flexibility index (Phi) is 3.90. The molecule has 0 saturated carbocycles. The summed E-state index contributed by atoms with van der Waals surface area (Å²) in [5, 5.41) is 12.1. The van der Waals surface area contributed by atoms with Gasteiger partial charge in [-0.1, -0.05) is 0 Å². The molecule has 1 aliphatic rings. The molecule has 19 heavy (non-hydrogen) atoms. The van der Waals surface area contributed by atoms with E-state index < -0.39 is 0 Å². The maximum Gasteiger partial charge on any atom is 0.257 e. The van der Waals surface area contributed by atoms with Gasteiger partial charge in [0.2, 0.25) is 5.91 Å². The van der Waals surface area contributed by atoms with Gasteiger partial charge in [-0.15, -0.1) is 0 Å².